The molecule has 0 aromatic rings. The zero-order chi connectivity index (χ0) is 17.2. The minimum Gasteiger partial charge on any atom is -0.379 e. The molecule has 0 bridgehead atoms. The van der Waals surface area contributed by atoms with E-state index in [1.165, 1.54) is 12.8 Å². The minimum absolute atomic E-state index is 0. The highest BCUT2D eigenvalue weighted by Crippen LogP contribution is 2.28. The zero-order valence-corrected chi connectivity index (χ0v) is 18.9. The molecule has 0 aliphatic heterocycles. The van der Waals surface area contributed by atoms with Crippen molar-refractivity contribution in [2.45, 2.75) is 59.5 Å². The van der Waals surface area contributed by atoms with Crippen LogP contribution in [0.25, 0.3) is 0 Å². The zero-order valence-electron chi connectivity index (χ0n) is 16.5. The first-order valence-electron chi connectivity index (χ1n) is 9.28. The summed E-state index contributed by atoms with van der Waals surface area (Å²) in [6.45, 7) is 16.4. The van der Waals surface area contributed by atoms with Gasteiger partial charge in [-0.2, -0.15) is 0 Å². The number of likely N-dealkylation sites (N-methyl/N-ethyl adjacent to an activating group) is 1. The average Bonchev–Trinajstić information content (AvgIpc) is 3.30. The van der Waals surface area contributed by atoms with Gasteiger partial charge >= 0.3 is 0 Å². The van der Waals surface area contributed by atoms with E-state index in [1.807, 2.05) is 0 Å². The van der Waals surface area contributed by atoms with E-state index >= 15 is 0 Å². The summed E-state index contributed by atoms with van der Waals surface area (Å²) in [5.74, 6) is 1.82. The lowest BCUT2D eigenvalue weighted by molar-refractivity contribution is 0.115. The van der Waals surface area contributed by atoms with E-state index in [0.29, 0.717) is 12.1 Å². The van der Waals surface area contributed by atoms with Crippen LogP contribution in [-0.4, -0.2) is 74.3 Å². The number of ether oxygens (including phenoxy) is 1. The van der Waals surface area contributed by atoms with Gasteiger partial charge in [-0.1, -0.05) is 0 Å². The molecule has 1 aliphatic rings. The Morgan fingerprint density at radius 1 is 1.17 bits per heavy atom. The van der Waals surface area contributed by atoms with Gasteiger partial charge in [0, 0.05) is 45.4 Å². The molecule has 0 amide bonds. The minimum atomic E-state index is 0. The van der Waals surface area contributed by atoms with Crippen molar-refractivity contribution >= 4 is 29.9 Å². The maximum atomic E-state index is 5.73. The maximum Gasteiger partial charge on any atom is 0.193 e. The van der Waals surface area contributed by atoms with Crippen LogP contribution < -0.4 is 5.32 Å². The van der Waals surface area contributed by atoms with Crippen LogP contribution in [0.4, 0.5) is 0 Å². The van der Waals surface area contributed by atoms with Crippen LogP contribution in [0.2, 0.25) is 0 Å². The van der Waals surface area contributed by atoms with Crippen molar-refractivity contribution in [3.63, 3.8) is 0 Å². The molecule has 1 saturated carbocycles. The largest absolute Gasteiger partial charge is 0.379 e. The van der Waals surface area contributed by atoms with Gasteiger partial charge in [0.05, 0.1) is 13.2 Å². The highest BCUT2D eigenvalue weighted by Gasteiger charge is 2.21. The molecule has 24 heavy (non-hydrogen) atoms. The second kappa shape index (κ2) is 13.2. The van der Waals surface area contributed by atoms with E-state index in [-0.39, 0.29) is 24.0 Å². The molecule has 1 fully saturated rings. The van der Waals surface area contributed by atoms with Gasteiger partial charge in [-0.3, -0.25) is 9.89 Å². The van der Waals surface area contributed by atoms with Crippen LogP contribution in [0.3, 0.4) is 0 Å². The summed E-state index contributed by atoms with van der Waals surface area (Å²) in [7, 11) is 2.09. The number of nitrogens with zero attached hydrogens (tertiary/aromatic N) is 3. The molecule has 0 heterocycles. The number of halogens is 1. The third kappa shape index (κ3) is 10.0. The van der Waals surface area contributed by atoms with Crippen LogP contribution in [0.15, 0.2) is 4.99 Å². The molecule has 144 valence electrons. The molecule has 0 saturated heterocycles. The van der Waals surface area contributed by atoms with E-state index in [4.69, 9.17) is 9.73 Å². The predicted octanol–water partition coefficient (Wildman–Crippen LogP) is 3.05. The first-order chi connectivity index (χ1) is 11.0. The van der Waals surface area contributed by atoms with Crippen molar-refractivity contribution in [3.8, 4) is 0 Å². The molecule has 0 aromatic carbocycles. The van der Waals surface area contributed by atoms with Crippen LogP contribution in [-0.2, 0) is 4.74 Å². The molecule has 0 atom stereocenters. The first-order valence-corrected chi connectivity index (χ1v) is 9.28. The van der Waals surface area contributed by atoms with Gasteiger partial charge in [0.15, 0.2) is 5.96 Å². The second-order valence-electron chi connectivity index (χ2n) is 7.10. The first kappa shape index (κ1) is 23.9. The average molecular weight is 454 g/mol. The molecular weight excluding hydrogens is 415 g/mol. The highest BCUT2D eigenvalue weighted by molar-refractivity contribution is 14.0. The molecule has 1 rings (SSSR count). The quantitative estimate of drug-likeness (QED) is 0.226. The van der Waals surface area contributed by atoms with Gasteiger partial charge in [0.25, 0.3) is 0 Å². The Bertz CT molecular complexity index is 338. The number of rotatable bonds is 11. The third-order valence-electron chi connectivity index (χ3n) is 4.26. The molecule has 0 radical (unpaired) electrons. The summed E-state index contributed by atoms with van der Waals surface area (Å²) in [5.41, 5.74) is 0. The second-order valence-corrected chi connectivity index (χ2v) is 7.10. The van der Waals surface area contributed by atoms with E-state index in [2.05, 4.69) is 56.8 Å². The topological polar surface area (TPSA) is 40.1 Å². The van der Waals surface area contributed by atoms with Crippen molar-refractivity contribution in [1.82, 2.24) is 15.1 Å². The summed E-state index contributed by atoms with van der Waals surface area (Å²) in [5, 5.41) is 3.38. The smallest absolute Gasteiger partial charge is 0.193 e. The molecule has 6 heteroatoms. The van der Waals surface area contributed by atoms with Gasteiger partial charge in [0.2, 0.25) is 0 Å². The summed E-state index contributed by atoms with van der Waals surface area (Å²) >= 11 is 0. The van der Waals surface area contributed by atoms with Crippen molar-refractivity contribution in [3.05, 3.63) is 0 Å². The van der Waals surface area contributed by atoms with Gasteiger partial charge in [-0.25, -0.2) is 0 Å². The van der Waals surface area contributed by atoms with Crippen molar-refractivity contribution in [1.29, 1.82) is 0 Å². The van der Waals surface area contributed by atoms with E-state index in [9.17, 15) is 0 Å². The lowest BCUT2D eigenvalue weighted by Crippen LogP contribution is -2.42. The Balaban J connectivity index is 0.00000529. The molecule has 0 unspecified atom stereocenters. The Hall–Kier alpha value is -0.0800. The normalized spacial score (nSPS) is 15.1. The van der Waals surface area contributed by atoms with Crippen molar-refractivity contribution < 1.29 is 4.74 Å². The van der Waals surface area contributed by atoms with Crippen LogP contribution >= 0.6 is 24.0 Å². The SMILES string of the molecule is CCNC(=NCCN(C(C)C)C(C)C)N(C)CCOCC1CC1.I. The van der Waals surface area contributed by atoms with Crippen LogP contribution in [0, 0.1) is 5.92 Å². The van der Waals surface area contributed by atoms with E-state index in [0.717, 1.165) is 51.3 Å². The molecular formula is C18H39IN4O. The Morgan fingerprint density at radius 2 is 1.79 bits per heavy atom. The Labute approximate surface area is 166 Å². The predicted molar refractivity (Wildman–Crippen MR) is 115 cm³/mol. The van der Waals surface area contributed by atoms with Crippen LogP contribution in [0.5, 0.6) is 0 Å². The van der Waals surface area contributed by atoms with Crippen molar-refractivity contribution in [2.75, 3.05) is 46.4 Å². The van der Waals surface area contributed by atoms with E-state index in [1.54, 1.807) is 0 Å². The monoisotopic (exact) mass is 454 g/mol. The number of nitrogens with one attached hydrogen (secondary N) is 1. The molecule has 0 spiro atoms. The molecule has 1 N–H and O–H groups in total. The fourth-order valence-electron chi connectivity index (χ4n) is 2.70. The number of guanidine groups is 1. The highest BCUT2D eigenvalue weighted by atomic mass is 127. The number of hydrogen-bond acceptors (Lipinski definition) is 3. The fourth-order valence-corrected chi connectivity index (χ4v) is 2.70. The summed E-state index contributed by atoms with van der Waals surface area (Å²) in [4.78, 5) is 9.43. The maximum absolute atomic E-state index is 5.73. The van der Waals surface area contributed by atoms with Gasteiger partial charge in [0.1, 0.15) is 0 Å². The summed E-state index contributed by atoms with van der Waals surface area (Å²) in [6.07, 6.45) is 2.70. The third-order valence-corrected chi connectivity index (χ3v) is 4.26. The lowest BCUT2D eigenvalue weighted by atomic mass is 10.2. The Kier molecular flexibility index (Phi) is 13.1. The lowest BCUT2D eigenvalue weighted by Gasteiger charge is -2.30. The molecule has 0 aromatic heterocycles. The summed E-state index contributed by atoms with van der Waals surface area (Å²) < 4.78 is 5.73. The molecule has 1 aliphatic carbocycles. The van der Waals surface area contributed by atoms with Gasteiger partial charge in [-0.15, -0.1) is 24.0 Å². The van der Waals surface area contributed by atoms with Crippen LogP contribution in [0.1, 0.15) is 47.5 Å². The fraction of sp³-hybridized carbons (Fsp3) is 0.944. The van der Waals surface area contributed by atoms with Crippen molar-refractivity contribution in [2.24, 2.45) is 10.9 Å². The Morgan fingerprint density at radius 3 is 2.29 bits per heavy atom. The van der Waals surface area contributed by atoms with Gasteiger partial charge < -0.3 is 15.0 Å². The summed E-state index contributed by atoms with van der Waals surface area (Å²) in [6, 6.07) is 1.11. The molecule has 5 nitrogen and oxygen atoms in total. The number of aliphatic imine (C=N–C) groups is 1. The van der Waals surface area contributed by atoms with E-state index < -0.39 is 0 Å². The van der Waals surface area contributed by atoms with Gasteiger partial charge in [-0.05, 0) is 53.4 Å². The standard InChI is InChI=1S/C18H38N4O.HI/c1-7-19-18(20-10-11-22(15(2)3)16(4)5)21(6)12-13-23-14-17-8-9-17;/h15-17H,7-14H2,1-6H3,(H,19,20);1H. The number of hydrogen-bond donors (Lipinski definition) is 1.